The maximum atomic E-state index is 12.4. The highest BCUT2D eigenvalue weighted by Crippen LogP contribution is 2.24. The molecule has 25 heavy (non-hydrogen) atoms. The third-order valence-corrected chi connectivity index (χ3v) is 4.73. The number of aromatic nitrogens is 5. The molecule has 0 fully saturated rings. The fourth-order valence-corrected chi connectivity index (χ4v) is 3.26. The van der Waals surface area contributed by atoms with Crippen LogP contribution >= 0.6 is 11.8 Å². The van der Waals surface area contributed by atoms with Crippen molar-refractivity contribution in [2.24, 2.45) is 0 Å². The second-order valence-electron chi connectivity index (χ2n) is 5.52. The Morgan fingerprint density at radius 3 is 2.92 bits per heavy atom. The number of aryl methyl sites for hydroxylation is 1. The van der Waals surface area contributed by atoms with Crippen LogP contribution in [0.2, 0.25) is 0 Å². The van der Waals surface area contributed by atoms with Gasteiger partial charge in [0.15, 0.2) is 5.16 Å². The summed E-state index contributed by atoms with van der Waals surface area (Å²) in [6.07, 6.45) is 1.76. The molecule has 8 nitrogen and oxygen atoms in total. The van der Waals surface area contributed by atoms with Crippen LogP contribution < -0.4 is 11.0 Å². The molecule has 1 unspecified atom stereocenters. The topological polar surface area (TPSA) is 108 Å². The summed E-state index contributed by atoms with van der Waals surface area (Å²) in [4.78, 5) is 29.1. The number of anilines is 1. The molecule has 2 aromatic heterocycles. The highest BCUT2D eigenvalue weighted by atomic mass is 32.2. The van der Waals surface area contributed by atoms with Gasteiger partial charge in [-0.1, -0.05) is 17.8 Å². The van der Waals surface area contributed by atoms with Crippen LogP contribution in [0.4, 0.5) is 5.69 Å². The quantitative estimate of drug-likeness (QED) is 0.462. The van der Waals surface area contributed by atoms with E-state index >= 15 is 0 Å². The number of nitrogens with zero attached hydrogens (tertiary/aromatic N) is 3. The van der Waals surface area contributed by atoms with Crippen molar-refractivity contribution < 1.29 is 4.79 Å². The molecule has 0 bridgehead atoms. The Morgan fingerprint density at radius 1 is 1.40 bits per heavy atom. The molecule has 1 aromatic carbocycles. The van der Waals surface area contributed by atoms with Crippen molar-refractivity contribution in [1.82, 2.24) is 24.7 Å². The molecule has 0 aliphatic heterocycles. The van der Waals surface area contributed by atoms with Crippen molar-refractivity contribution >= 4 is 34.4 Å². The Morgan fingerprint density at radius 2 is 2.16 bits per heavy atom. The molecular formula is C16H18N6O2S. The van der Waals surface area contributed by atoms with E-state index in [-0.39, 0.29) is 16.8 Å². The molecule has 0 aliphatic rings. The molecule has 1 atom stereocenters. The summed E-state index contributed by atoms with van der Waals surface area (Å²) in [7, 11) is 0. The molecular weight excluding hydrogens is 340 g/mol. The monoisotopic (exact) mass is 358 g/mol. The van der Waals surface area contributed by atoms with Crippen molar-refractivity contribution in [3.63, 3.8) is 0 Å². The van der Waals surface area contributed by atoms with E-state index in [1.54, 1.807) is 31.2 Å². The first kappa shape index (κ1) is 17.0. The van der Waals surface area contributed by atoms with Crippen molar-refractivity contribution in [1.29, 1.82) is 0 Å². The summed E-state index contributed by atoms with van der Waals surface area (Å²) >= 11 is 1.33. The van der Waals surface area contributed by atoms with Crippen LogP contribution in [0.15, 0.2) is 40.8 Å². The lowest BCUT2D eigenvalue weighted by Crippen LogP contribution is -2.23. The van der Waals surface area contributed by atoms with Crippen LogP contribution in [0.25, 0.3) is 11.0 Å². The zero-order valence-corrected chi connectivity index (χ0v) is 14.7. The fourth-order valence-electron chi connectivity index (χ4n) is 2.35. The van der Waals surface area contributed by atoms with Gasteiger partial charge in [0, 0.05) is 12.2 Å². The Labute approximate surface area is 147 Å². The summed E-state index contributed by atoms with van der Waals surface area (Å²) in [5, 5.41) is 11.3. The minimum atomic E-state index is -0.367. The lowest BCUT2D eigenvalue weighted by atomic mass is 10.2. The standard InChI is InChI=1S/C16H18N6O2S/c1-4-7-22-10(3)20-21-16(22)25-9(2)14(23)17-11-5-6-12-13(8-11)19-15(24)18-12/h4-6,8-9H,1,7H2,2-3H3,(H,17,23)(H2,18,19,24). The Bertz CT molecular complexity index is 986. The van der Waals surface area contributed by atoms with E-state index < -0.39 is 0 Å². The van der Waals surface area contributed by atoms with Crippen LogP contribution in [0.1, 0.15) is 12.7 Å². The maximum absolute atomic E-state index is 12.4. The van der Waals surface area contributed by atoms with Crippen molar-refractivity contribution in [3.8, 4) is 0 Å². The summed E-state index contributed by atoms with van der Waals surface area (Å²) in [5.41, 5.74) is 1.67. The van der Waals surface area contributed by atoms with Gasteiger partial charge in [-0.3, -0.25) is 4.79 Å². The van der Waals surface area contributed by atoms with Gasteiger partial charge in [0.1, 0.15) is 5.82 Å². The first-order valence-corrected chi connectivity index (χ1v) is 8.56. The van der Waals surface area contributed by atoms with E-state index in [1.165, 1.54) is 11.8 Å². The van der Waals surface area contributed by atoms with Gasteiger partial charge >= 0.3 is 5.69 Å². The first-order chi connectivity index (χ1) is 12.0. The highest BCUT2D eigenvalue weighted by Gasteiger charge is 2.19. The number of carbonyl (C=O) groups is 1. The van der Waals surface area contributed by atoms with Gasteiger partial charge < -0.3 is 19.9 Å². The predicted octanol–water partition coefficient (Wildman–Crippen LogP) is 2.06. The number of hydrogen-bond donors (Lipinski definition) is 3. The first-order valence-electron chi connectivity index (χ1n) is 7.68. The Balaban J connectivity index is 1.71. The SMILES string of the molecule is C=CCn1c(C)nnc1SC(C)C(=O)Nc1ccc2[nH]c(=O)[nH]c2c1. The van der Waals surface area contributed by atoms with Crippen molar-refractivity contribution in [2.45, 2.75) is 30.8 Å². The van der Waals surface area contributed by atoms with Gasteiger partial charge in [0.2, 0.25) is 5.91 Å². The zero-order valence-electron chi connectivity index (χ0n) is 13.9. The number of rotatable bonds is 6. The number of nitrogens with one attached hydrogen (secondary N) is 3. The number of hydrogen-bond acceptors (Lipinski definition) is 5. The largest absolute Gasteiger partial charge is 0.325 e. The minimum Gasteiger partial charge on any atom is -0.325 e. The Kier molecular flexibility index (Phi) is 4.75. The molecule has 0 saturated carbocycles. The Hall–Kier alpha value is -2.81. The van der Waals surface area contributed by atoms with Gasteiger partial charge in [-0.05, 0) is 32.0 Å². The van der Waals surface area contributed by atoms with Crippen LogP contribution in [-0.4, -0.2) is 35.9 Å². The molecule has 1 amide bonds. The van der Waals surface area contributed by atoms with Crippen LogP contribution in [0.3, 0.4) is 0 Å². The van der Waals surface area contributed by atoms with Crippen molar-refractivity contribution in [2.75, 3.05) is 5.32 Å². The number of H-pyrrole nitrogens is 2. The van der Waals surface area contributed by atoms with Gasteiger partial charge in [0.25, 0.3) is 0 Å². The average molecular weight is 358 g/mol. The maximum Gasteiger partial charge on any atom is 0.323 e. The molecule has 130 valence electrons. The lowest BCUT2D eigenvalue weighted by Gasteiger charge is -2.12. The molecule has 3 aromatic rings. The van der Waals surface area contributed by atoms with Crippen LogP contribution in [0.5, 0.6) is 0 Å². The number of benzene rings is 1. The van der Waals surface area contributed by atoms with Gasteiger partial charge in [-0.15, -0.1) is 16.8 Å². The number of carbonyl (C=O) groups excluding carboxylic acids is 1. The average Bonchev–Trinajstić information content (AvgIpc) is 3.10. The molecule has 3 rings (SSSR count). The summed E-state index contributed by atoms with van der Waals surface area (Å²) in [6, 6.07) is 5.20. The number of imidazole rings is 1. The van der Waals surface area contributed by atoms with E-state index in [2.05, 4.69) is 32.1 Å². The van der Waals surface area contributed by atoms with E-state index in [1.807, 2.05) is 11.5 Å². The normalized spacial score (nSPS) is 12.2. The number of aromatic amines is 2. The van der Waals surface area contributed by atoms with Gasteiger partial charge in [-0.2, -0.15) is 0 Å². The van der Waals surface area contributed by atoms with E-state index in [0.29, 0.717) is 28.4 Å². The predicted molar refractivity (Wildman–Crippen MR) is 97.8 cm³/mol. The summed E-state index contributed by atoms with van der Waals surface area (Å²) < 4.78 is 1.90. The number of amides is 1. The van der Waals surface area contributed by atoms with Gasteiger partial charge in [0.05, 0.1) is 16.3 Å². The molecule has 2 heterocycles. The second kappa shape index (κ2) is 6.98. The van der Waals surface area contributed by atoms with Crippen LogP contribution in [-0.2, 0) is 11.3 Å². The number of thioether (sulfide) groups is 1. The fraction of sp³-hybridized carbons (Fsp3) is 0.250. The van der Waals surface area contributed by atoms with Crippen LogP contribution in [0, 0.1) is 6.92 Å². The summed E-state index contributed by atoms with van der Waals surface area (Å²) in [6.45, 7) is 7.98. The van der Waals surface area contributed by atoms with E-state index in [9.17, 15) is 9.59 Å². The number of fused-ring (bicyclic) bond motifs is 1. The molecule has 0 aliphatic carbocycles. The smallest absolute Gasteiger partial charge is 0.323 e. The molecule has 3 N–H and O–H groups in total. The van der Waals surface area contributed by atoms with E-state index in [0.717, 1.165) is 5.82 Å². The van der Waals surface area contributed by atoms with Crippen molar-refractivity contribution in [3.05, 3.63) is 47.2 Å². The highest BCUT2D eigenvalue weighted by molar-refractivity contribution is 8.00. The third kappa shape index (κ3) is 3.66. The minimum absolute atomic E-state index is 0.159. The van der Waals surface area contributed by atoms with E-state index in [4.69, 9.17) is 0 Å². The lowest BCUT2D eigenvalue weighted by molar-refractivity contribution is -0.115. The second-order valence-corrected chi connectivity index (χ2v) is 6.83. The molecule has 9 heteroatoms. The molecule has 0 spiro atoms. The molecule has 0 radical (unpaired) electrons. The summed E-state index contributed by atoms with van der Waals surface area (Å²) in [5.74, 6) is 0.616. The number of allylic oxidation sites excluding steroid dienone is 1. The third-order valence-electron chi connectivity index (χ3n) is 3.65. The zero-order chi connectivity index (χ0) is 18.0. The molecule has 0 saturated heterocycles. The van der Waals surface area contributed by atoms with Gasteiger partial charge in [-0.25, -0.2) is 4.79 Å².